The van der Waals surface area contributed by atoms with Crippen LogP contribution in [0.1, 0.15) is 24.9 Å². The van der Waals surface area contributed by atoms with Crippen LogP contribution in [-0.2, 0) is 0 Å². The van der Waals surface area contributed by atoms with E-state index in [9.17, 15) is 9.59 Å². The van der Waals surface area contributed by atoms with Gasteiger partial charge in [0.05, 0.1) is 16.1 Å². The van der Waals surface area contributed by atoms with Gasteiger partial charge in [0.2, 0.25) is 0 Å². The molecule has 2 aromatic rings. The second-order valence-electron chi connectivity index (χ2n) is 4.41. The Morgan fingerprint density at radius 1 is 1.19 bits per heavy atom. The Kier molecular flexibility index (Phi) is 4.90. The van der Waals surface area contributed by atoms with Gasteiger partial charge in [-0.1, -0.05) is 18.2 Å². The highest BCUT2D eigenvalue weighted by Crippen LogP contribution is 2.19. The van der Waals surface area contributed by atoms with Crippen LogP contribution >= 0.6 is 11.3 Å². The van der Waals surface area contributed by atoms with E-state index in [4.69, 9.17) is 0 Å². The van der Waals surface area contributed by atoms with E-state index in [2.05, 4.69) is 17.2 Å². The van der Waals surface area contributed by atoms with Crippen molar-refractivity contribution >= 4 is 28.8 Å². The van der Waals surface area contributed by atoms with Crippen LogP contribution in [0.2, 0.25) is 0 Å². The van der Waals surface area contributed by atoms with Crippen molar-refractivity contribution in [2.45, 2.75) is 6.92 Å². The highest BCUT2D eigenvalue weighted by Gasteiger charge is 2.14. The number of hydrogen-bond acceptors (Lipinski definition) is 3. The number of carbonyl (C=O) groups is 2. The molecule has 0 aliphatic heterocycles. The Morgan fingerprint density at radius 3 is 2.62 bits per heavy atom. The molecule has 0 unspecified atom stereocenters. The number of thiophene rings is 1. The topological polar surface area (TPSA) is 58.2 Å². The molecule has 108 valence electrons. The van der Waals surface area contributed by atoms with Crippen LogP contribution in [0.4, 0.5) is 5.69 Å². The molecule has 0 bridgehead atoms. The number of anilines is 1. The molecule has 0 saturated carbocycles. The van der Waals surface area contributed by atoms with Gasteiger partial charge in [-0.05, 0) is 31.2 Å². The van der Waals surface area contributed by atoms with Crippen molar-refractivity contribution in [1.82, 2.24) is 5.32 Å². The zero-order valence-electron chi connectivity index (χ0n) is 11.7. The predicted molar refractivity (Wildman–Crippen MR) is 86.0 cm³/mol. The summed E-state index contributed by atoms with van der Waals surface area (Å²) in [5.41, 5.74) is 0.927. The molecule has 4 nitrogen and oxygen atoms in total. The number of hydrogen-bond donors (Lipinski definition) is 2. The smallest absolute Gasteiger partial charge is 0.265 e. The molecule has 5 heteroatoms. The van der Waals surface area contributed by atoms with Crippen LogP contribution in [0.3, 0.4) is 0 Å². The van der Waals surface area contributed by atoms with Gasteiger partial charge < -0.3 is 10.6 Å². The third kappa shape index (κ3) is 3.79. The molecule has 0 aliphatic rings. The fourth-order valence-corrected chi connectivity index (χ4v) is 2.55. The molecule has 1 aromatic carbocycles. The molecule has 0 spiro atoms. The first-order valence-corrected chi connectivity index (χ1v) is 7.29. The quantitative estimate of drug-likeness (QED) is 0.833. The van der Waals surface area contributed by atoms with Gasteiger partial charge in [0.25, 0.3) is 11.8 Å². The molecule has 2 rings (SSSR count). The van der Waals surface area contributed by atoms with Crippen molar-refractivity contribution in [1.29, 1.82) is 0 Å². The second kappa shape index (κ2) is 6.85. The van der Waals surface area contributed by atoms with Crippen molar-refractivity contribution < 1.29 is 9.59 Å². The zero-order chi connectivity index (χ0) is 15.2. The monoisotopic (exact) mass is 300 g/mol. The van der Waals surface area contributed by atoms with Gasteiger partial charge in [-0.2, -0.15) is 0 Å². The van der Waals surface area contributed by atoms with E-state index in [0.717, 1.165) is 4.88 Å². The lowest BCUT2D eigenvalue weighted by Crippen LogP contribution is -2.25. The maximum atomic E-state index is 12.2. The van der Waals surface area contributed by atoms with E-state index < -0.39 is 0 Å². The minimum absolute atomic E-state index is 0.211. The number of amides is 2. The van der Waals surface area contributed by atoms with Crippen molar-refractivity contribution in [3.8, 4) is 0 Å². The molecule has 0 saturated heterocycles. The van der Waals surface area contributed by atoms with Gasteiger partial charge in [0, 0.05) is 11.4 Å². The minimum atomic E-state index is -0.242. The van der Waals surface area contributed by atoms with Gasteiger partial charge in [-0.25, -0.2) is 0 Å². The second-order valence-corrected chi connectivity index (χ2v) is 5.70. The summed E-state index contributed by atoms with van der Waals surface area (Å²) < 4.78 is 0. The van der Waals surface area contributed by atoms with Crippen LogP contribution < -0.4 is 10.6 Å². The van der Waals surface area contributed by atoms with Gasteiger partial charge >= 0.3 is 0 Å². The average Bonchev–Trinajstić information content (AvgIpc) is 2.92. The molecule has 1 heterocycles. The third-order valence-corrected chi connectivity index (χ3v) is 3.79. The van der Waals surface area contributed by atoms with Crippen molar-refractivity contribution in [3.05, 3.63) is 64.4 Å². The van der Waals surface area contributed by atoms with Gasteiger partial charge in [0.15, 0.2) is 0 Å². The molecule has 0 radical (unpaired) electrons. The lowest BCUT2D eigenvalue weighted by atomic mass is 10.1. The largest absolute Gasteiger partial charge is 0.349 e. The van der Waals surface area contributed by atoms with Crippen LogP contribution in [-0.4, -0.2) is 18.4 Å². The first-order valence-electron chi connectivity index (χ1n) is 6.47. The van der Waals surface area contributed by atoms with Gasteiger partial charge in [-0.15, -0.1) is 17.9 Å². The number of carbonyl (C=O) groups excluding carboxylic acids is 2. The summed E-state index contributed by atoms with van der Waals surface area (Å²) in [5.74, 6) is -0.453. The van der Waals surface area contributed by atoms with E-state index in [1.54, 1.807) is 36.4 Å². The van der Waals surface area contributed by atoms with Crippen LogP contribution in [0.15, 0.2) is 49.1 Å². The number of aryl methyl sites for hydroxylation is 1. The molecular formula is C16H16N2O2S. The number of nitrogens with one attached hydrogen (secondary N) is 2. The first kappa shape index (κ1) is 15.0. The Balaban J connectivity index is 2.18. The average molecular weight is 300 g/mol. The molecule has 1 aromatic heterocycles. The van der Waals surface area contributed by atoms with Crippen LogP contribution in [0.25, 0.3) is 0 Å². The van der Waals surface area contributed by atoms with Crippen molar-refractivity contribution in [2.24, 2.45) is 0 Å². The summed E-state index contributed by atoms with van der Waals surface area (Å²) in [6.45, 7) is 5.88. The Morgan fingerprint density at radius 2 is 1.95 bits per heavy atom. The summed E-state index contributed by atoms with van der Waals surface area (Å²) >= 11 is 1.42. The van der Waals surface area contributed by atoms with Crippen molar-refractivity contribution in [3.63, 3.8) is 0 Å². The summed E-state index contributed by atoms with van der Waals surface area (Å²) in [7, 11) is 0. The summed E-state index contributed by atoms with van der Waals surface area (Å²) in [5, 5.41) is 5.48. The Labute approximate surface area is 127 Å². The SMILES string of the molecule is C=CCNC(=O)c1ccccc1NC(=O)c1ccc(C)s1. The van der Waals surface area contributed by atoms with Gasteiger partial charge in [-0.3, -0.25) is 9.59 Å². The van der Waals surface area contributed by atoms with Crippen LogP contribution in [0.5, 0.6) is 0 Å². The summed E-state index contributed by atoms with van der Waals surface area (Å²) in [6.07, 6.45) is 1.60. The standard InChI is InChI=1S/C16H16N2O2S/c1-3-10-17-15(19)12-6-4-5-7-13(12)18-16(20)14-9-8-11(2)21-14/h3-9H,1,10H2,2H3,(H,17,19)(H,18,20). The highest BCUT2D eigenvalue weighted by molar-refractivity contribution is 7.14. The molecule has 0 fully saturated rings. The predicted octanol–water partition coefficient (Wildman–Crippen LogP) is 3.22. The zero-order valence-corrected chi connectivity index (χ0v) is 12.5. The third-order valence-electron chi connectivity index (χ3n) is 2.79. The lowest BCUT2D eigenvalue weighted by Gasteiger charge is -2.10. The maximum Gasteiger partial charge on any atom is 0.265 e. The lowest BCUT2D eigenvalue weighted by molar-refractivity contribution is 0.0959. The molecule has 0 aliphatic carbocycles. The van der Waals surface area contributed by atoms with Crippen molar-refractivity contribution in [2.75, 3.05) is 11.9 Å². The molecule has 2 amide bonds. The normalized spacial score (nSPS) is 9.95. The molecular weight excluding hydrogens is 284 g/mol. The van der Waals surface area contributed by atoms with E-state index >= 15 is 0 Å². The molecule has 2 N–H and O–H groups in total. The fraction of sp³-hybridized carbons (Fsp3) is 0.125. The number of rotatable bonds is 5. The molecule has 21 heavy (non-hydrogen) atoms. The Hall–Kier alpha value is -2.40. The minimum Gasteiger partial charge on any atom is -0.349 e. The highest BCUT2D eigenvalue weighted by atomic mass is 32.1. The van der Waals surface area contributed by atoms with Gasteiger partial charge in [0.1, 0.15) is 0 Å². The first-order chi connectivity index (χ1) is 10.1. The maximum absolute atomic E-state index is 12.2. The van der Waals surface area contributed by atoms with Crippen LogP contribution in [0, 0.1) is 6.92 Å². The van der Waals surface area contributed by atoms with E-state index in [0.29, 0.717) is 22.7 Å². The summed E-state index contributed by atoms with van der Waals surface area (Å²) in [6, 6.07) is 10.6. The molecule has 0 atom stereocenters. The fourth-order valence-electron chi connectivity index (χ4n) is 1.79. The number of benzene rings is 1. The summed E-state index contributed by atoms with van der Waals surface area (Å²) in [4.78, 5) is 25.9. The van der Waals surface area contributed by atoms with E-state index in [-0.39, 0.29) is 11.8 Å². The Bertz CT molecular complexity index is 676. The number of para-hydroxylation sites is 1. The van der Waals surface area contributed by atoms with E-state index in [1.165, 1.54) is 11.3 Å². The van der Waals surface area contributed by atoms with E-state index in [1.807, 2.05) is 13.0 Å².